The first kappa shape index (κ1) is 24.9. The first-order chi connectivity index (χ1) is 15.8. The van der Waals surface area contributed by atoms with E-state index in [2.05, 4.69) is 107 Å². The number of halogens is 2. The summed E-state index contributed by atoms with van der Waals surface area (Å²) in [5, 5.41) is 6.60. The molecule has 0 amide bonds. The molecule has 0 unspecified atom stereocenters. The Kier molecular flexibility index (Phi) is 11.2. The number of pyridine rings is 1. The van der Waals surface area contributed by atoms with Crippen molar-refractivity contribution in [1.82, 2.24) is 10.3 Å². The van der Waals surface area contributed by atoms with Crippen molar-refractivity contribution < 1.29 is 12.9 Å². The number of nitrogens with one attached hydrogen (secondary N) is 1. The van der Waals surface area contributed by atoms with Gasteiger partial charge in [0, 0.05) is 18.8 Å². The van der Waals surface area contributed by atoms with Crippen molar-refractivity contribution >= 4 is 38.8 Å². The van der Waals surface area contributed by atoms with Gasteiger partial charge in [0.25, 0.3) is 0 Å². The van der Waals surface area contributed by atoms with Crippen LogP contribution < -0.4 is 15.9 Å². The smallest absolute Gasteiger partial charge is 0.0541 e. The molecule has 1 heterocycles. The average Bonchev–Trinajstić information content (AvgIpc) is 2.87. The fourth-order valence-electron chi connectivity index (χ4n) is 3.46. The number of rotatable bonds is 8. The van der Waals surface area contributed by atoms with E-state index in [1.807, 2.05) is 18.3 Å². The quantitative estimate of drug-likeness (QED) is 0.268. The molecule has 6 heteroatoms. The van der Waals surface area contributed by atoms with Gasteiger partial charge in [-0.2, -0.15) is 0 Å². The number of aromatic nitrogens is 1. The van der Waals surface area contributed by atoms with E-state index in [0.717, 1.165) is 18.4 Å². The van der Waals surface area contributed by atoms with E-state index in [0.29, 0.717) is 12.9 Å². The average molecular weight is 526 g/mol. The molecule has 0 fully saturated rings. The van der Waals surface area contributed by atoms with Crippen molar-refractivity contribution in [1.29, 1.82) is 0 Å². The minimum atomic E-state index is -0.477. The predicted molar refractivity (Wildman–Crippen MR) is 136 cm³/mol. The van der Waals surface area contributed by atoms with E-state index in [1.165, 1.54) is 16.2 Å². The SMILES string of the molecule is [Cl][Co][Cl].c1ccc([C@H](CP(c2ccccc2)c2ccccc2)NCc2ccccn2)cc1. The molecule has 0 spiro atoms. The van der Waals surface area contributed by atoms with Crippen molar-refractivity contribution in [3.63, 3.8) is 0 Å². The number of hydrogen-bond acceptors (Lipinski definition) is 2. The molecule has 167 valence electrons. The molecule has 32 heavy (non-hydrogen) atoms. The zero-order valence-electron chi connectivity index (χ0n) is 17.4. The molecule has 0 aliphatic heterocycles. The minimum Gasteiger partial charge on any atom is -0.304 e. The van der Waals surface area contributed by atoms with Crippen LogP contribution >= 0.6 is 28.2 Å². The summed E-state index contributed by atoms with van der Waals surface area (Å²) >= 11 is 0.382. The molecule has 0 saturated heterocycles. The molecule has 0 saturated carbocycles. The monoisotopic (exact) mass is 525 g/mol. The van der Waals surface area contributed by atoms with Gasteiger partial charge in [0.1, 0.15) is 0 Å². The van der Waals surface area contributed by atoms with Gasteiger partial charge < -0.3 is 5.32 Å². The van der Waals surface area contributed by atoms with Gasteiger partial charge >= 0.3 is 33.2 Å². The summed E-state index contributed by atoms with van der Waals surface area (Å²) in [5.74, 6) is 0. The molecular weight excluding hydrogens is 501 g/mol. The van der Waals surface area contributed by atoms with Gasteiger partial charge in [-0.05, 0) is 42.4 Å². The third-order valence-corrected chi connectivity index (χ3v) is 7.53. The van der Waals surface area contributed by atoms with Crippen LogP contribution in [0.1, 0.15) is 17.3 Å². The van der Waals surface area contributed by atoms with Crippen molar-refractivity contribution in [3.05, 3.63) is 127 Å². The van der Waals surface area contributed by atoms with Crippen LogP contribution in [0.4, 0.5) is 0 Å². The number of benzene rings is 3. The van der Waals surface area contributed by atoms with Crippen LogP contribution in [0.2, 0.25) is 0 Å². The van der Waals surface area contributed by atoms with Crippen molar-refractivity contribution in [3.8, 4) is 0 Å². The van der Waals surface area contributed by atoms with Gasteiger partial charge in [-0.1, -0.05) is 97.1 Å². The second-order valence-corrected chi connectivity index (χ2v) is 11.0. The fourth-order valence-corrected chi connectivity index (χ4v) is 5.95. The van der Waals surface area contributed by atoms with Gasteiger partial charge in [0.2, 0.25) is 0 Å². The minimum absolute atomic E-state index is 0.254. The topological polar surface area (TPSA) is 24.9 Å². The molecule has 1 atom stereocenters. The molecule has 4 aromatic rings. The van der Waals surface area contributed by atoms with Gasteiger partial charge in [0.05, 0.1) is 5.69 Å². The zero-order valence-corrected chi connectivity index (χ0v) is 20.9. The molecule has 3 aromatic carbocycles. The normalized spacial score (nSPS) is 11.6. The van der Waals surface area contributed by atoms with E-state index in [9.17, 15) is 0 Å². The Balaban J connectivity index is 0.000000913. The summed E-state index contributed by atoms with van der Waals surface area (Å²) in [4.78, 5) is 4.48. The van der Waals surface area contributed by atoms with Crippen LogP contribution in [-0.2, 0) is 19.4 Å². The standard InChI is InChI=1S/C26H25N2P.2ClH.Co/c1-4-12-22(13-5-1)26(28-20-23-14-10-11-19-27-23)21-29(24-15-6-2-7-16-24)25-17-8-3-9-18-25;;;/h1-19,26,28H,20-21H2;2*1H;/q;;;+2/p-2/t26-;;;/m0.../s1. The summed E-state index contributed by atoms with van der Waals surface area (Å²) in [6, 6.07) is 38.9. The molecule has 0 radical (unpaired) electrons. The Morgan fingerprint density at radius 2 is 1.22 bits per heavy atom. The van der Waals surface area contributed by atoms with E-state index in [-0.39, 0.29) is 6.04 Å². The molecule has 0 bridgehead atoms. The van der Waals surface area contributed by atoms with Crippen LogP contribution in [0.15, 0.2) is 115 Å². The van der Waals surface area contributed by atoms with E-state index in [4.69, 9.17) is 20.3 Å². The molecule has 2 nitrogen and oxygen atoms in total. The summed E-state index contributed by atoms with van der Waals surface area (Å²) < 4.78 is 0. The van der Waals surface area contributed by atoms with Crippen LogP contribution in [0.25, 0.3) is 0 Å². The maximum Gasteiger partial charge on any atom is 0.0541 e. The third-order valence-electron chi connectivity index (χ3n) is 4.96. The maximum atomic E-state index is 4.73. The second kappa shape index (κ2) is 14.4. The van der Waals surface area contributed by atoms with Crippen LogP contribution in [0.3, 0.4) is 0 Å². The summed E-state index contributed by atoms with van der Waals surface area (Å²) in [6.07, 6.45) is 2.90. The molecule has 1 N–H and O–H groups in total. The first-order valence-corrected chi connectivity index (χ1v) is 14.6. The van der Waals surface area contributed by atoms with E-state index < -0.39 is 7.92 Å². The van der Waals surface area contributed by atoms with Crippen molar-refractivity contribution in [2.75, 3.05) is 6.16 Å². The molecule has 4 rings (SSSR count). The summed E-state index contributed by atoms with van der Waals surface area (Å²) in [7, 11) is 8.99. The van der Waals surface area contributed by atoms with Crippen molar-refractivity contribution in [2.24, 2.45) is 0 Å². The Labute approximate surface area is 206 Å². The van der Waals surface area contributed by atoms with Crippen molar-refractivity contribution in [2.45, 2.75) is 12.6 Å². The van der Waals surface area contributed by atoms with Crippen LogP contribution in [0.5, 0.6) is 0 Å². The fraction of sp³-hybridized carbons (Fsp3) is 0.115. The molecule has 1 aromatic heterocycles. The van der Waals surface area contributed by atoms with Gasteiger partial charge in [-0.25, -0.2) is 0 Å². The molecule has 0 aliphatic rings. The Bertz CT molecular complexity index is 969. The molecule has 0 aliphatic carbocycles. The van der Waals surface area contributed by atoms with Crippen LogP contribution in [-0.4, -0.2) is 11.1 Å². The largest absolute Gasteiger partial charge is 0.304 e. The second-order valence-electron chi connectivity index (χ2n) is 6.99. The number of nitrogens with zero attached hydrogens (tertiary/aromatic N) is 1. The maximum absolute atomic E-state index is 4.73. The Morgan fingerprint density at radius 1 is 0.719 bits per heavy atom. The van der Waals surface area contributed by atoms with Gasteiger partial charge in [0.15, 0.2) is 0 Å². The van der Waals surface area contributed by atoms with Crippen LogP contribution in [0, 0.1) is 0 Å². The Hall–Kier alpha value is -1.71. The zero-order chi connectivity index (χ0) is 22.4. The summed E-state index contributed by atoms with van der Waals surface area (Å²) in [6.45, 7) is 0.757. The summed E-state index contributed by atoms with van der Waals surface area (Å²) in [5.41, 5.74) is 2.39. The molecular formula is C26H25Cl2CoN2P. The Morgan fingerprint density at radius 3 is 1.72 bits per heavy atom. The van der Waals surface area contributed by atoms with Gasteiger partial charge in [-0.3, -0.25) is 4.98 Å². The first-order valence-electron chi connectivity index (χ1n) is 10.2. The van der Waals surface area contributed by atoms with Gasteiger partial charge in [-0.15, -0.1) is 0 Å². The predicted octanol–water partition coefficient (Wildman–Crippen LogP) is 6.42. The van der Waals surface area contributed by atoms with E-state index in [1.54, 1.807) is 0 Å². The van der Waals surface area contributed by atoms with E-state index >= 15 is 0 Å². The number of hydrogen-bond donors (Lipinski definition) is 1. The third kappa shape index (κ3) is 8.01.